The fourth-order valence-electron chi connectivity index (χ4n) is 3.69. The van der Waals surface area contributed by atoms with Crippen LogP contribution in [0.25, 0.3) is 0 Å². The lowest BCUT2D eigenvalue weighted by atomic mass is 10.1. The summed E-state index contributed by atoms with van der Waals surface area (Å²) < 4.78 is 19.3. The average molecular weight is 555 g/mol. The smallest absolute Gasteiger partial charge is 0.191 e. The number of halogens is 2. The SMILES string of the molecule is CN=C(NCCCN(C)c1ccccc1F)NCc1ccccc1CN1CCOCC1.I. The molecule has 1 aliphatic rings. The largest absolute Gasteiger partial charge is 0.379 e. The molecule has 32 heavy (non-hydrogen) atoms. The van der Waals surface area contributed by atoms with Crippen LogP contribution in [0.15, 0.2) is 53.5 Å². The second kappa shape index (κ2) is 14.3. The molecule has 0 aromatic heterocycles. The van der Waals surface area contributed by atoms with Crippen molar-refractivity contribution in [2.24, 2.45) is 4.99 Å². The maximum atomic E-state index is 13.9. The predicted molar refractivity (Wildman–Crippen MR) is 140 cm³/mol. The summed E-state index contributed by atoms with van der Waals surface area (Å²) in [5.74, 6) is 0.584. The van der Waals surface area contributed by atoms with E-state index in [-0.39, 0.29) is 29.8 Å². The van der Waals surface area contributed by atoms with Crippen LogP contribution < -0.4 is 15.5 Å². The minimum atomic E-state index is -0.189. The van der Waals surface area contributed by atoms with Gasteiger partial charge in [0.05, 0.1) is 18.9 Å². The van der Waals surface area contributed by atoms with Gasteiger partial charge in [0.1, 0.15) is 5.82 Å². The lowest BCUT2D eigenvalue weighted by Crippen LogP contribution is -2.39. The Bertz CT molecular complexity index is 845. The molecule has 0 unspecified atom stereocenters. The fourth-order valence-corrected chi connectivity index (χ4v) is 3.69. The summed E-state index contributed by atoms with van der Waals surface area (Å²) in [5, 5.41) is 6.77. The molecule has 0 atom stereocenters. The zero-order chi connectivity index (χ0) is 21.9. The van der Waals surface area contributed by atoms with Crippen LogP contribution in [-0.2, 0) is 17.8 Å². The number of nitrogens with one attached hydrogen (secondary N) is 2. The molecule has 0 aliphatic carbocycles. The van der Waals surface area contributed by atoms with E-state index in [0.717, 1.165) is 64.9 Å². The van der Waals surface area contributed by atoms with Gasteiger partial charge in [-0.3, -0.25) is 9.89 Å². The zero-order valence-electron chi connectivity index (χ0n) is 19.0. The van der Waals surface area contributed by atoms with E-state index in [2.05, 4.69) is 44.8 Å². The number of guanidine groups is 1. The molecule has 0 spiro atoms. The van der Waals surface area contributed by atoms with Gasteiger partial charge in [0.15, 0.2) is 5.96 Å². The van der Waals surface area contributed by atoms with Gasteiger partial charge in [0.25, 0.3) is 0 Å². The number of nitrogens with zero attached hydrogens (tertiary/aromatic N) is 3. The number of hydrogen-bond acceptors (Lipinski definition) is 4. The highest BCUT2D eigenvalue weighted by atomic mass is 127. The molecule has 1 aliphatic heterocycles. The van der Waals surface area contributed by atoms with Gasteiger partial charge in [-0.1, -0.05) is 36.4 Å². The monoisotopic (exact) mass is 555 g/mol. The lowest BCUT2D eigenvalue weighted by Gasteiger charge is -2.27. The third-order valence-corrected chi connectivity index (χ3v) is 5.51. The first kappa shape index (κ1) is 26.3. The fraction of sp³-hybridized carbons (Fsp3) is 0.458. The molecule has 1 heterocycles. The zero-order valence-corrected chi connectivity index (χ0v) is 21.3. The molecule has 2 N–H and O–H groups in total. The number of benzene rings is 2. The van der Waals surface area contributed by atoms with Crippen molar-refractivity contribution in [1.29, 1.82) is 0 Å². The van der Waals surface area contributed by atoms with Crippen LogP contribution in [0.2, 0.25) is 0 Å². The summed E-state index contributed by atoms with van der Waals surface area (Å²) in [5.41, 5.74) is 3.23. The number of rotatable bonds is 9. The molecule has 0 saturated carbocycles. The van der Waals surface area contributed by atoms with Crippen LogP contribution in [0, 0.1) is 5.82 Å². The lowest BCUT2D eigenvalue weighted by molar-refractivity contribution is 0.0341. The summed E-state index contributed by atoms with van der Waals surface area (Å²) >= 11 is 0. The number of morpholine rings is 1. The topological polar surface area (TPSA) is 52.1 Å². The second-order valence-corrected chi connectivity index (χ2v) is 7.74. The third-order valence-electron chi connectivity index (χ3n) is 5.51. The highest BCUT2D eigenvalue weighted by molar-refractivity contribution is 14.0. The van der Waals surface area contributed by atoms with Gasteiger partial charge in [0.2, 0.25) is 0 Å². The van der Waals surface area contributed by atoms with Gasteiger partial charge >= 0.3 is 0 Å². The molecule has 8 heteroatoms. The van der Waals surface area contributed by atoms with E-state index in [1.165, 1.54) is 17.2 Å². The number of aliphatic imine (C=N–C) groups is 1. The van der Waals surface area contributed by atoms with Gasteiger partial charge in [0, 0.05) is 53.4 Å². The van der Waals surface area contributed by atoms with Crippen LogP contribution in [-0.4, -0.2) is 64.3 Å². The standard InChI is InChI=1S/C24H34FN5O.HI/c1-26-24(27-12-7-13-29(2)23-11-6-5-10-22(23)25)28-18-20-8-3-4-9-21(20)19-30-14-16-31-17-15-30;/h3-6,8-11H,7,12-19H2,1-2H3,(H2,26,27,28);1H. The van der Waals surface area contributed by atoms with Crippen molar-refractivity contribution in [3.8, 4) is 0 Å². The van der Waals surface area contributed by atoms with Crippen molar-refractivity contribution in [3.63, 3.8) is 0 Å². The molecule has 0 radical (unpaired) electrons. The third kappa shape index (κ3) is 8.22. The first-order chi connectivity index (χ1) is 15.2. The normalized spacial score (nSPS) is 14.5. The van der Waals surface area contributed by atoms with Gasteiger partial charge in [-0.15, -0.1) is 24.0 Å². The summed E-state index contributed by atoms with van der Waals surface area (Å²) in [6.07, 6.45) is 0.874. The van der Waals surface area contributed by atoms with Crippen molar-refractivity contribution >= 4 is 35.6 Å². The van der Waals surface area contributed by atoms with E-state index < -0.39 is 0 Å². The number of hydrogen-bond donors (Lipinski definition) is 2. The molecular weight excluding hydrogens is 520 g/mol. The Morgan fingerprint density at radius 3 is 2.47 bits per heavy atom. The molecule has 6 nitrogen and oxygen atoms in total. The molecule has 3 rings (SSSR count). The van der Waals surface area contributed by atoms with Crippen molar-refractivity contribution in [2.75, 3.05) is 58.4 Å². The van der Waals surface area contributed by atoms with Crippen molar-refractivity contribution in [1.82, 2.24) is 15.5 Å². The number of para-hydroxylation sites is 1. The van der Waals surface area contributed by atoms with Crippen molar-refractivity contribution < 1.29 is 9.13 Å². The van der Waals surface area contributed by atoms with E-state index in [1.807, 2.05) is 18.0 Å². The predicted octanol–water partition coefficient (Wildman–Crippen LogP) is 3.47. The average Bonchev–Trinajstić information content (AvgIpc) is 2.80. The number of anilines is 1. The van der Waals surface area contributed by atoms with Crippen LogP contribution in [0.1, 0.15) is 17.5 Å². The first-order valence-corrected chi connectivity index (χ1v) is 10.9. The van der Waals surface area contributed by atoms with E-state index in [0.29, 0.717) is 5.69 Å². The highest BCUT2D eigenvalue weighted by Crippen LogP contribution is 2.17. The Morgan fingerprint density at radius 1 is 1.06 bits per heavy atom. The Hall–Kier alpha value is -1.91. The van der Waals surface area contributed by atoms with E-state index >= 15 is 0 Å². The Labute approximate surface area is 208 Å². The van der Waals surface area contributed by atoms with Crippen LogP contribution in [0.4, 0.5) is 10.1 Å². The molecule has 176 valence electrons. The Balaban J connectivity index is 0.00000363. The van der Waals surface area contributed by atoms with E-state index in [4.69, 9.17) is 4.74 Å². The summed E-state index contributed by atoms with van der Waals surface area (Å²) in [6, 6.07) is 15.4. The molecular formula is C24H35FIN5O. The molecule has 0 amide bonds. The van der Waals surface area contributed by atoms with Crippen molar-refractivity contribution in [3.05, 3.63) is 65.5 Å². The van der Waals surface area contributed by atoms with Gasteiger partial charge in [-0.05, 0) is 29.7 Å². The Morgan fingerprint density at radius 2 is 1.75 bits per heavy atom. The molecule has 0 bridgehead atoms. The van der Waals surface area contributed by atoms with Crippen LogP contribution >= 0.6 is 24.0 Å². The second-order valence-electron chi connectivity index (χ2n) is 7.74. The minimum Gasteiger partial charge on any atom is -0.379 e. The summed E-state index contributed by atoms with van der Waals surface area (Å²) in [7, 11) is 3.69. The quantitative estimate of drug-likeness (QED) is 0.215. The molecule has 2 aromatic carbocycles. The van der Waals surface area contributed by atoms with Gasteiger partial charge in [-0.2, -0.15) is 0 Å². The Kier molecular flexibility index (Phi) is 11.8. The molecule has 1 saturated heterocycles. The van der Waals surface area contributed by atoms with E-state index in [9.17, 15) is 4.39 Å². The van der Waals surface area contributed by atoms with Gasteiger partial charge < -0.3 is 20.3 Å². The maximum Gasteiger partial charge on any atom is 0.191 e. The van der Waals surface area contributed by atoms with E-state index in [1.54, 1.807) is 19.2 Å². The minimum absolute atomic E-state index is 0. The maximum absolute atomic E-state index is 13.9. The summed E-state index contributed by atoms with van der Waals surface area (Å²) in [4.78, 5) is 8.70. The van der Waals surface area contributed by atoms with Crippen LogP contribution in [0.3, 0.4) is 0 Å². The summed E-state index contributed by atoms with van der Waals surface area (Å²) in [6.45, 7) is 6.75. The van der Waals surface area contributed by atoms with Crippen LogP contribution in [0.5, 0.6) is 0 Å². The van der Waals surface area contributed by atoms with Crippen molar-refractivity contribution in [2.45, 2.75) is 19.5 Å². The highest BCUT2D eigenvalue weighted by Gasteiger charge is 2.13. The molecule has 1 fully saturated rings. The molecule has 2 aromatic rings. The first-order valence-electron chi connectivity index (χ1n) is 10.9. The number of ether oxygens (including phenoxy) is 1. The van der Waals surface area contributed by atoms with Gasteiger partial charge in [-0.25, -0.2) is 4.39 Å².